The Kier molecular flexibility index (Phi) is 6.06. The second kappa shape index (κ2) is 7.59. The van der Waals surface area contributed by atoms with Crippen molar-refractivity contribution >= 4 is 5.97 Å². The highest BCUT2D eigenvalue weighted by Crippen LogP contribution is 2.35. The van der Waals surface area contributed by atoms with Gasteiger partial charge in [-0.3, -0.25) is 4.79 Å². The van der Waals surface area contributed by atoms with Crippen molar-refractivity contribution in [3.63, 3.8) is 0 Å². The van der Waals surface area contributed by atoms with Gasteiger partial charge < -0.3 is 15.0 Å². The molecule has 2 aliphatic carbocycles. The van der Waals surface area contributed by atoms with Crippen molar-refractivity contribution in [3.8, 4) is 0 Å². The summed E-state index contributed by atoms with van der Waals surface area (Å²) in [5, 5.41) is 3.46. The summed E-state index contributed by atoms with van der Waals surface area (Å²) in [6.07, 6.45) is 6.92. The summed E-state index contributed by atoms with van der Waals surface area (Å²) in [6.45, 7) is 9.81. The topological polar surface area (TPSA) is 41.6 Å². The first-order valence-corrected chi connectivity index (χ1v) is 8.81. The van der Waals surface area contributed by atoms with Gasteiger partial charge in [-0.05, 0) is 64.5 Å². The zero-order valence-electron chi connectivity index (χ0n) is 14.0. The molecule has 0 aromatic heterocycles. The predicted molar refractivity (Wildman–Crippen MR) is 85.3 cm³/mol. The predicted octanol–water partition coefficient (Wildman–Crippen LogP) is 2.57. The molecule has 0 heterocycles. The molecule has 0 aromatic carbocycles. The zero-order valence-corrected chi connectivity index (χ0v) is 14.0. The Hall–Kier alpha value is -0.610. The average Bonchev–Trinajstić information content (AvgIpc) is 3.29. The molecule has 0 amide bonds. The molecule has 4 nitrogen and oxygen atoms in total. The molecule has 1 N–H and O–H groups in total. The van der Waals surface area contributed by atoms with E-state index in [1.54, 1.807) is 0 Å². The minimum Gasteiger partial charge on any atom is -0.465 e. The molecule has 2 unspecified atom stereocenters. The number of hydrogen-bond acceptors (Lipinski definition) is 4. The van der Waals surface area contributed by atoms with Gasteiger partial charge in [0.1, 0.15) is 5.54 Å². The first kappa shape index (κ1) is 16.8. The van der Waals surface area contributed by atoms with Crippen LogP contribution in [0.25, 0.3) is 0 Å². The lowest BCUT2D eigenvalue weighted by molar-refractivity contribution is -0.154. The van der Waals surface area contributed by atoms with Crippen molar-refractivity contribution in [2.24, 2.45) is 5.92 Å². The SMILES string of the molecule is CCNC1(C(=O)OCC)CCCC(N(CC)CC2CC2)C1. The lowest BCUT2D eigenvalue weighted by Crippen LogP contribution is -2.59. The maximum Gasteiger partial charge on any atom is 0.326 e. The number of carbonyl (C=O) groups excluding carboxylic acids is 1. The van der Waals surface area contributed by atoms with Gasteiger partial charge in [0.15, 0.2) is 0 Å². The van der Waals surface area contributed by atoms with Crippen LogP contribution in [0.3, 0.4) is 0 Å². The van der Waals surface area contributed by atoms with Crippen molar-refractivity contribution < 1.29 is 9.53 Å². The number of nitrogens with zero attached hydrogens (tertiary/aromatic N) is 1. The number of likely N-dealkylation sites (N-methyl/N-ethyl adjacent to an activating group) is 1. The smallest absolute Gasteiger partial charge is 0.326 e. The van der Waals surface area contributed by atoms with E-state index in [0.29, 0.717) is 12.6 Å². The highest BCUT2D eigenvalue weighted by molar-refractivity contribution is 5.81. The molecule has 2 atom stereocenters. The molecule has 0 aliphatic heterocycles. The van der Waals surface area contributed by atoms with E-state index in [2.05, 4.69) is 24.1 Å². The summed E-state index contributed by atoms with van der Waals surface area (Å²) in [7, 11) is 0. The third-order valence-corrected chi connectivity index (χ3v) is 5.02. The van der Waals surface area contributed by atoms with Gasteiger partial charge in [0.05, 0.1) is 6.61 Å². The van der Waals surface area contributed by atoms with E-state index in [9.17, 15) is 4.79 Å². The van der Waals surface area contributed by atoms with E-state index in [1.807, 2.05) is 6.92 Å². The molecule has 2 saturated carbocycles. The van der Waals surface area contributed by atoms with Gasteiger partial charge in [0, 0.05) is 12.6 Å². The average molecular weight is 296 g/mol. The maximum absolute atomic E-state index is 12.5. The highest BCUT2D eigenvalue weighted by Gasteiger charge is 2.45. The van der Waals surface area contributed by atoms with E-state index in [4.69, 9.17) is 4.74 Å². The van der Waals surface area contributed by atoms with Gasteiger partial charge in [0.25, 0.3) is 0 Å². The number of esters is 1. The number of nitrogens with one attached hydrogen (secondary N) is 1. The van der Waals surface area contributed by atoms with Crippen LogP contribution >= 0.6 is 0 Å². The summed E-state index contributed by atoms with van der Waals surface area (Å²) < 4.78 is 5.37. The van der Waals surface area contributed by atoms with Gasteiger partial charge in [0.2, 0.25) is 0 Å². The van der Waals surface area contributed by atoms with Crippen LogP contribution in [-0.2, 0) is 9.53 Å². The van der Waals surface area contributed by atoms with Gasteiger partial charge in [-0.1, -0.05) is 13.8 Å². The summed E-state index contributed by atoms with van der Waals surface area (Å²) in [5.41, 5.74) is -0.454. The van der Waals surface area contributed by atoms with Crippen molar-refractivity contribution in [3.05, 3.63) is 0 Å². The Bertz CT molecular complexity index is 340. The quantitative estimate of drug-likeness (QED) is 0.699. The third-order valence-electron chi connectivity index (χ3n) is 5.02. The first-order valence-electron chi connectivity index (χ1n) is 8.81. The first-order chi connectivity index (χ1) is 10.1. The molecule has 2 fully saturated rings. The number of hydrogen-bond donors (Lipinski definition) is 1. The molecule has 0 spiro atoms. The minimum atomic E-state index is -0.454. The van der Waals surface area contributed by atoms with E-state index >= 15 is 0 Å². The normalized spacial score (nSPS) is 29.6. The molecule has 0 bridgehead atoms. The molecule has 21 heavy (non-hydrogen) atoms. The summed E-state index contributed by atoms with van der Waals surface area (Å²) >= 11 is 0. The van der Waals surface area contributed by atoms with E-state index in [0.717, 1.165) is 38.3 Å². The van der Waals surface area contributed by atoms with Crippen LogP contribution in [0.4, 0.5) is 0 Å². The standard InChI is InChI=1S/C17H32N2O2/c1-4-18-17(16(20)21-6-3)11-7-8-15(12-17)19(5-2)13-14-9-10-14/h14-15,18H,4-13H2,1-3H3. The molecule has 2 aliphatic rings. The summed E-state index contributed by atoms with van der Waals surface area (Å²) in [4.78, 5) is 15.1. The fourth-order valence-electron chi connectivity index (χ4n) is 3.75. The Morgan fingerprint density at radius 1 is 1.29 bits per heavy atom. The van der Waals surface area contributed by atoms with E-state index in [1.165, 1.54) is 25.8 Å². The van der Waals surface area contributed by atoms with Crippen LogP contribution < -0.4 is 5.32 Å². The Balaban J connectivity index is 2.05. The van der Waals surface area contributed by atoms with Crippen molar-refractivity contribution in [1.82, 2.24) is 10.2 Å². The number of carbonyl (C=O) groups is 1. The molecule has 0 aromatic rings. The van der Waals surface area contributed by atoms with Crippen LogP contribution in [0.2, 0.25) is 0 Å². The highest BCUT2D eigenvalue weighted by atomic mass is 16.5. The summed E-state index contributed by atoms with van der Waals surface area (Å²) in [6, 6.07) is 0.521. The van der Waals surface area contributed by atoms with Crippen molar-refractivity contribution in [1.29, 1.82) is 0 Å². The minimum absolute atomic E-state index is 0.0426. The molecular formula is C17H32N2O2. The Morgan fingerprint density at radius 3 is 2.62 bits per heavy atom. The monoisotopic (exact) mass is 296 g/mol. The van der Waals surface area contributed by atoms with Gasteiger partial charge >= 0.3 is 5.97 Å². The Labute approximate surface area is 129 Å². The second-order valence-electron chi connectivity index (χ2n) is 6.61. The molecule has 2 rings (SSSR count). The van der Waals surface area contributed by atoms with Crippen molar-refractivity contribution in [2.75, 3.05) is 26.2 Å². The third kappa shape index (κ3) is 4.19. The Morgan fingerprint density at radius 2 is 2.05 bits per heavy atom. The van der Waals surface area contributed by atoms with Gasteiger partial charge in [-0.2, -0.15) is 0 Å². The zero-order chi connectivity index (χ0) is 15.3. The van der Waals surface area contributed by atoms with Crippen LogP contribution in [0.1, 0.15) is 59.3 Å². The van der Waals surface area contributed by atoms with Crippen LogP contribution in [0, 0.1) is 5.92 Å². The van der Waals surface area contributed by atoms with Crippen LogP contribution in [-0.4, -0.2) is 48.7 Å². The lowest BCUT2D eigenvalue weighted by atomic mass is 9.78. The molecule has 122 valence electrons. The molecular weight excluding hydrogens is 264 g/mol. The second-order valence-corrected chi connectivity index (χ2v) is 6.61. The van der Waals surface area contributed by atoms with Crippen LogP contribution in [0.15, 0.2) is 0 Å². The number of ether oxygens (including phenoxy) is 1. The lowest BCUT2D eigenvalue weighted by Gasteiger charge is -2.43. The molecule has 0 saturated heterocycles. The maximum atomic E-state index is 12.5. The van der Waals surface area contributed by atoms with E-state index in [-0.39, 0.29) is 5.97 Å². The molecule has 4 heteroatoms. The van der Waals surface area contributed by atoms with Gasteiger partial charge in [-0.25, -0.2) is 0 Å². The largest absolute Gasteiger partial charge is 0.465 e. The fraction of sp³-hybridized carbons (Fsp3) is 0.941. The summed E-state index contributed by atoms with van der Waals surface area (Å²) in [5.74, 6) is 0.863. The van der Waals surface area contributed by atoms with Crippen LogP contribution in [0.5, 0.6) is 0 Å². The number of rotatable bonds is 8. The fourth-order valence-corrected chi connectivity index (χ4v) is 3.75. The van der Waals surface area contributed by atoms with Gasteiger partial charge in [-0.15, -0.1) is 0 Å². The van der Waals surface area contributed by atoms with Crippen molar-refractivity contribution in [2.45, 2.75) is 70.9 Å². The van der Waals surface area contributed by atoms with E-state index < -0.39 is 5.54 Å². The molecule has 0 radical (unpaired) electrons.